The third-order valence-electron chi connectivity index (χ3n) is 1.66. The molecule has 0 fully saturated rings. The Kier molecular flexibility index (Phi) is 4.11. The fraction of sp³-hybridized carbons (Fsp3) is 0.333. The summed E-state index contributed by atoms with van der Waals surface area (Å²) in [7, 11) is 1.30. The van der Waals surface area contributed by atoms with E-state index >= 15 is 0 Å². The van der Waals surface area contributed by atoms with Gasteiger partial charge in [-0.25, -0.2) is 9.78 Å². The highest BCUT2D eigenvalue weighted by atomic mass is 35.5. The first-order chi connectivity index (χ1) is 7.08. The summed E-state index contributed by atoms with van der Waals surface area (Å²) in [6.45, 7) is 5.54. The quantitative estimate of drug-likeness (QED) is 0.655. The van der Waals surface area contributed by atoms with E-state index in [2.05, 4.69) is 21.6 Å². The fourth-order valence-corrected chi connectivity index (χ4v) is 2.03. The van der Waals surface area contributed by atoms with Crippen LogP contribution < -0.4 is 5.32 Å². The first-order valence-electron chi connectivity index (χ1n) is 4.22. The molecule has 15 heavy (non-hydrogen) atoms. The summed E-state index contributed by atoms with van der Waals surface area (Å²) in [5.74, 6) is -0.475. The van der Waals surface area contributed by atoms with Crippen molar-refractivity contribution in [2.45, 2.75) is 13.0 Å². The summed E-state index contributed by atoms with van der Waals surface area (Å²) in [4.78, 5) is 15.5. The lowest BCUT2D eigenvalue weighted by molar-refractivity contribution is 0.0606. The molecule has 1 aromatic rings. The van der Waals surface area contributed by atoms with Crippen molar-refractivity contribution in [2.75, 3.05) is 12.4 Å². The number of ether oxygens (including phenoxy) is 1. The topological polar surface area (TPSA) is 51.2 Å². The maximum absolute atomic E-state index is 11.2. The Morgan fingerprint density at radius 2 is 2.47 bits per heavy atom. The van der Waals surface area contributed by atoms with Crippen LogP contribution in [-0.2, 0) is 4.74 Å². The van der Waals surface area contributed by atoms with Crippen LogP contribution in [0.15, 0.2) is 12.7 Å². The van der Waals surface area contributed by atoms with Crippen LogP contribution in [0.5, 0.6) is 0 Å². The van der Waals surface area contributed by atoms with Crippen LogP contribution in [0.4, 0.5) is 5.13 Å². The highest BCUT2D eigenvalue weighted by molar-refractivity contribution is 7.18. The fourth-order valence-electron chi connectivity index (χ4n) is 0.836. The number of carbonyl (C=O) groups excluding carboxylic acids is 1. The molecule has 1 unspecified atom stereocenters. The minimum Gasteiger partial charge on any atom is -0.465 e. The zero-order chi connectivity index (χ0) is 11.4. The lowest BCUT2D eigenvalue weighted by atomic mass is 10.3. The predicted molar refractivity (Wildman–Crippen MR) is 61.7 cm³/mol. The predicted octanol–water partition coefficient (Wildman–Crippen LogP) is 2.57. The molecule has 1 N–H and O–H groups in total. The molecule has 1 heterocycles. The lowest BCUT2D eigenvalue weighted by Crippen LogP contribution is -2.10. The second-order valence-electron chi connectivity index (χ2n) is 2.80. The molecule has 0 spiro atoms. The Morgan fingerprint density at radius 3 is 3.00 bits per heavy atom. The van der Waals surface area contributed by atoms with Crippen LogP contribution >= 0.6 is 22.9 Å². The van der Waals surface area contributed by atoms with Gasteiger partial charge in [0.25, 0.3) is 0 Å². The molecule has 0 aliphatic carbocycles. The van der Waals surface area contributed by atoms with Gasteiger partial charge in [0, 0.05) is 6.04 Å². The zero-order valence-corrected chi connectivity index (χ0v) is 9.98. The maximum atomic E-state index is 11.2. The molecule has 0 bridgehead atoms. The van der Waals surface area contributed by atoms with Gasteiger partial charge in [0.15, 0.2) is 15.2 Å². The van der Waals surface area contributed by atoms with Gasteiger partial charge in [0.1, 0.15) is 0 Å². The molecule has 1 aromatic heterocycles. The van der Waals surface area contributed by atoms with Gasteiger partial charge < -0.3 is 10.1 Å². The Bertz CT molecular complexity index is 378. The number of thiazole rings is 1. The van der Waals surface area contributed by atoms with E-state index in [1.807, 2.05) is 6.92 Å². The number of nitrogens with zero attached hydrogens (tertiary/aromatic N) is 1. The number of carbonyl (C=O) groups is 1. The zero-order valence-electron chi connectivity index (χ0n) is 8.41. The van der Waals surface area contributed by atoms with Gasteiger partial charge in [-0.05, 0) is 6.92 Å². The van der Waals surface area contributed by atoms with Crippen molar-refractivity contribution in [3.8, 4) is 0 Å². The van der Waals surface area contributed by atoms with Gasteiger partial charge >= 0.3 is 5.97 Å². The van der Waals surface area contributed by atoms with E-state index in [9.17, 15) is 4.79 Å². The summed E-state index contributed by atoms with van der Waals surface area (Å²) in [5, 5.41) is 3.76. The van der Waals surface area contributed by atoms with Crippen LogP contribution in [0.3, 0.4) is 0 Å². The molecule has 82 valence electrons. The third-order valence-corrected chi connectivity index (χ3v) is 3.01. The minimum absolute atomic E-state index is 0.0673. The number of anilines is 1. The molecule has 0 radical (unpaired) electrons. The van der Waals surface area contributed by atoms with Crippen molar-refractivity contribution in [3.05, 3.63) is 22.7 Å². The number of hydrogen-bond donors (Lipinski definition) is 1. The Morgan fingerprint density at radius 1 is 1.80 bits per heavy atom. The standard InChI is InChI=1S/C9H11ClN2O2S/c1-4-5(2)11-9-12-7(10)6(15-9)8(13)14-3/h4-5H,1H2,2-3H3,(H,11,12). The highest BCUT2D eigenvalue weighted by Gasteiger charge is 2.17. The van der Waals surface area contributed by atoms with Gasteiger partial charge in [0.05, 0.1) is 7.11 Å². The Balaban J connectivity index is 2.85. The number of methoxy groups -OCH3 is 1. The van der Waals surface area contributed by atoms with E-state index < -0.39 is 5.97 Å². The van der Waals surface area contributed by atoms with Gasteiger partial charge in [-0.15, -0.1) is 6.58 Å². The van der Waals surface area contributed by atoms with Gasteiger partial charge in [-0.2, -0.15) is 0 Å². The van der Waals surface area contributed by atoms with E-state index in [1.54, 1.807) is 6.08 Å². The normalized spacial score (nSPS) is 11.9. The minimum atomic E-state index is -0.475. The summed E-state index contributed by atoms with van der Waals surface area (Å²) >= 11 is 6.94. The van der Waals surface area contributed by atoms with Crippen LogP contribution in [-0.4, -0.2) is 24.1 Å². The number of esters is 1. The van der Waals surface area contributed by atoms with E-state index in [0.29, 0.717) is 10.0 Å². The second-order valence-corrected chi connectivity index (χ2v) is 4.16. The van der Waals surface area contributed by atoms with E-state index in [-0.39, 0.29) is 11.2 Å². The van der Waals surface area contributed by atoms with Crippen molar-refractivity contribution in [2.24, 2.45) is 0 Å². The van der Waals surface area contributed by atoms with Gasteiger partial charge in [-0.1, -0.05) is 29.0 Å². The molecule has 4 nitrogen and oxygen atoms in total. The molecule has 0 saturated carbocycles. The molecule has 1 rings (SSSR count). The smallest absolute Gasteiger partial charge is 0.351 e. The SMILES string of the molecule is C=CC(C)Nc1nc(Cl)c(C(=O)OC)s1. The monoisotopic (exact) mass is 246 g/mol. The van der Waals surface area contributed by atoms with Gasteiger partial charge in [-0.3, -0.25) is 0 Å². The summed E-state index contributed by atoms with van der Waals surface area (Å²) < 4.78 is 4.56. The number of hydrogen-bond acceptors (Lipinski definition) is 5. The largest absolute Gasteiger partial charge is 0.465 e. The molecular weight excluding hydrogens is 236 g/mol. The van der Waals surface area contributed by atoms with Crippen molar-refractivity contribution in [3.63, 3.8) is 0 Å². The van der Waals surface area contributed by atoms with Crippen LogP contribution in [0.1, 0.15) is 16.6 Å². The first-order valence-corrected chi connectivity index (χ1v) is 5.41. The average molecular weight is 247 g/mol. The number of halogens is 1. The molecule has 0 saturated heterocycles. The van der Waals surface area contributed by atoms with Crippen LogP contribution in [0.25, 0.3) is 0 Å². The number of aromatic nitrogens is 1. The van der Waals surface area contributed by atoms with E-state index in [0.717, 1.165) is 11.3 Å². The third kappa shape index (κ3) is 2.94. The van der Waals surface area contributed by atoms with Gasteiger partial charge in [0.2, 0.25) is 0 Å². The molecule has 0 aromatic carbocycles. The van der Waals surface area contributed by atoms with Crippen molar-refractivity contribution < 1.29 is 9.53 Å². The average Bonchev–Trinajstić information content (AvgIpc) is 2.58. The highest BCUT2D eigenvalue weighted by Crippen LogP contribution is 2.27. The molecule has 1 atom stereocenters. The van der Waals surface area contributed by atoms with E-state index in [4.69, 9.17) is 11.6 Å². The Labute approximate surface area is 96.9 Å². The maximum Gasteiger partial charge on any atom is 0.351 e. The van der Waals surface area contributed by atoms with Crippen molar-refractivity contribution >= 4 is 34.0 Å². The summed E-state index contributed by atoms with van der Waals surface area (Å²) in [5.41, 5.74) is 0. The molecule has 0 amide bonds. The molecule has 6 heteroatoms. The van der Waals surface area contributed by atoms with Crippen LogP contribution in [0, 0.1) is 0 Å². The van der Waals surface area contributed by atoms with Crippen molar-refractivity contribution in [1.29, 1.82) is 0 Å². The van der Waals surface area contributed by atoms with Crippen LogP contribution in [0.2, 0.25) is 5.15 Å². The van der Waals surface area contributed by atoms with Crippen molar-refractivity contribution in [1.82, 2.24) is 4.98 Å². The Hall–Kier alpha value is -1.07. The first kappa shape index (κ1) is 12.0. The van der Waals surface area contributed by atoms with E-state index in [1.165, 1.54) is 7.11 Å². The second kappa shape index (κ2) is 5.14. The number of nitrogens with one attached hydrogen (secondary N) is 1. The summed E-state index contributed by atoms with van der Waals surface area (Å²) in [6.07, 6.45) is 1.73. The molecule has 0 aliphatic rings. The lowest BCUT2D eigenvalue weighted by Gasteiger charge is -2.05. The molecular formula is C9H11ClN2O2S. The molecule has 0 aliphatic heterocycles. The summed E-state index contributed by atoms with van der Waals surface area (Å²) in [6, 6.07) is 0.0673. The number of rotatable bonds is 4.